The van der Waals surface area contributed by atoms with Gasteiger partial charge in [-0.2, -0.15) is 0 Å². The van der Waals surface area contributed by atoms with E-state index in [-0.39, 0.29) is 18.4 Å². The number of amides is 2. The number of rotatable bonds is 14. The Morgan fingerprint density at radius 1 is 1.17 bits per heavy atom. The lowest BCUT2D eigenvalue weighted by Crippen LogP contribution is -2.31. The predicted octanol–water partition coefficient (Wildman–Crippen LogP) is 2.78. The molecule has 3 N–H and O–H groups in total. The fourth-order valence-corrected chi connectivity index (χ4v) is 2.99. The molecule has 0 heterocycles. The lowest BCUT2D eigenvalue weighted by molar-refractivity contribution is -0.130. The first-order chi connectivity index (χ1) is 14.1. The molecule has 1 aromatic carbocycles. The Morgan fingerprint density at radius 2 is 1.87 bits per heavy atom. The zero-order valence-corrected chi connectivity index (χ0v) is 18.8. The molecule has 1 unspecified atom stereocenters. The van der Waals surface area contributed by atoms with E-state index in [0.29, 0.717) is 17.7 Å². The van der Waals surface area contributed by atoms with Crippen molar-refractivity contribution >= 4 is 19.6 Å². The number of benzene rings is 1. The second kappa shape index (κ2) is 13.4. The van der Waals surface area contributed by atoms with Crippen LogP contribution >= 0.6 is 7.82 Å². The first-order valence-electron chi connectivity index (χ1n) is 10.0. The molecule has 0 aliphatic rings. The normalized spacial score (nSPS) is 12.3. The van der Waals surface area contributed by atoms with E-state index in [4.69, 9.17) is 14.5 Å². The van der Waals surface area contributed by atoms with Crippen LogP contribution in [0.3, 0.4) is 0 Å². The van der Waals surface area contributed by atoms with Crippen molar-refractivity contribution in [3.63, 3.8) is 0 Å². The van der Waals surface area contributed by atoms with Gasteiger partial charge in [0, 0.05) is 20.5 Å². The summed E-state index contributed by atoms with van der Waals surface area (Å²) in [5.74, 6) is -0.0317. The number of carbonyl (C=O) groups excluding carboxylic acids is 2. The summed E-state index contributed by atoms with van der Waals surface area (Å²) >= 11 is 0. The van der Waals surface area contributed by atoms with Crippen molar-refractivity contribution < 1.29 is 33.2 Å². The van der Waals surface area contributed by atoms with Gasteiger partial charge in [-0.05, 0) is 24.1 Å². The fraction of sp³-hybridized carbons (Fsp3) is 0.600. The van der Waals surface area contributed by atoms with E-state index in [1.165, 1.54) is 4.90 Å². The fourth-order valence-electron chi connectivity index (χ4n) is 2.64. The molecule has 0 radical (unpaired) electrons. The van der Waals surface area contributed by atoms with E-state index < -0.39 is 20.5 Å². The summed E-state index contributed by atoms with van der Waals surface area (Å²) in [6, 6.07) is 5.86. The van der Waals surface area contributed by atoms with Crippen LogP contribution in [0.25, 0.3) is 0 Å². The smallest absolute Gasteiger partial charge is 0.469 e. The minimum Gasteiger partial charge on any atom is -0.484 e. The molecule has 1 atom stereocenters. The Morgan fingerprint density at radius 3 is 2.50 bits per heavy atom. The molecule has 0 saturated carbocycles. The second-order valence-electron chi connectivity index (χ2n) is 7.22. The third-order valence-electron chi connectivity index (χ3n) is 4.37. The molecule has 0 spiro atoms. The second-order valence-corrected chi connectivity index (χ2v) is 8.46. The Bertz CT molecular complexity index is 721. The van der Waals surface area contributed by atoms with Crippen molar-refractivity contribution in [3.8, 4) is 5.75 Å². The van der Waals surface area contributed by atoms with Crippen molar-refractivity contribution in [1.82, 2.24) is 10.2 Å². The van der Waals surface area contributed by atoms with E-state index in [0.717, 1.165) is 32.1 Å². The number of phosphoric acid groups is 1. The highest BCUT2D eigenvalue weighted by molar-refractivity contribution is 7.46. The molecule has 30 heavy (non-hydrogen) atoms. The number of hydrogen-bond donors (Lipinski definition) is 3. The molecule has 1 rings (SSSR count). The SMILES string of the molecule is CCCCCCCC(=O)NC(COP(=O)(O)O)c1cccc(OCC(=O)N(C)C)c1. The van der Waals surface area contributed by atoms with Gasteiger partial charge in [0.1, 0.15) is 5.75 Å². The van der Waals surface area contributed by atoms with Crippen LogP contribution < -0.4 is 10.1 Å². The number of unbranched alkanes of at least 4 members (excludes halogenated alkanes) is 4. The van der Waals surface area contributed by atoms with Gasteiger partial charge in [-0.3, -0.25) is 14.1 Å². The van der Waals surface area contributed by atoms with Gasteiger partial charge in [0.05, 0.1) is 12.6 Å². The molecule has 0 aromatic heterocycles. The van der Waals surface area contributed by atoms with Gasteiger partial charge in [-0.25, -0.2) is 4.57 Å². The lowest BCUT2D eigenvalue weighted by Gasteiger charge is -2.20. The third kappa shape index (κ3) is 11.3. The summed E-state index contributed by atoms with van der Waals surface area (Å²) in [4.78, 5) is 43.5. The van der Waals surface area contributed by atoms with Crippen molar-refractivity contribution in [3.05, 3.63) is 29.8 Å². The summed E-state index contributed by atoms with van der Waals surface area (Å²) < 4.78 is 21.2. The summed E-state index contributed by atoms with van der Waals surface area (Å²) in [7, 11) is -1.46. The van der Waals surface area contributed by atoms with Crippen LogP contribution in [-0.4, -0.2) is 53.8 Å². The average molecular weight is 444 g/mol. The molecule has 0 aliphatic carbocycles. The molecule has 1 aromatic rings. The van der Waals surface area contributed by atoms with E-state index in [2.05, 4.69) is 16.8 Å². The molecule has 0 bridgehead atoms. The third-order valence-corrected chi connectivity index (χ3v) is 4.86. The minimum atomic E-state index is -4.70. The van der Waals surface area contributed by atoms with Crippen LogP contribution in [0.2, 0.25) is 0 Å². The largest absolute Gasteiger partial charge is 0.484 e. The zero-order valence-electron chi connectivity index (χ0n) is 17.9. The van der Waals surface area contributed by atoms with Gasteiger partial charge in [-0.1, -0.05) is 44.7 Å². The van der Waals surface area contributed by atoms with Crippen LogP contribution in [0, 0.1) is 0 Å². The maximum atomic E-state index is 12.3. The Balaban J connectivity index is 2.78. The van der Waals surface area contributed by atoms with Gasteiger partial charge in [-0.15, -0.1) is 0 Å². The van der Waals surface area contributed by atoms with Gasteiger partial charge < -0.3 is 24.7 Å². The van der Waals surface area contributed by atoms with E-state index >= 15 is 0 Å². The topological polar surface area (TPSA) is 125 Å². The maximum Gasteiger partial charge on any atom is 0.469 e. The molecule has 170 valence electrons. The van der Waals surface area contributed by atoms with Crippen LogP contribution in [-0.2, 0) is 18.7 Å². The summed E-state index contributed by atoms with van der Waals surface area (Å²) in [6.45, 7) is 1.57. The number of hydrogen-bond acceptors (Lipinski definition) is 5. The average Bonchev–Trinajstić information content (AvgIpc) is 2.68. The van der Waals surface area contributed by atoms with Gasteiger partial charge in [0.15, 0.2) is 6.61 Å². The van der Waals surface area contributed by atoms with E-state index in [9.17, 15) is 14.2 Å². The summed E-state index contributed by atoms with van der Waals surface area (Å²) in [5.41, 5.74) is 0.553. The summed E-state index contributed by atoms with van der Waals surface area (Å²) in [5, 5.41) is 2.77. The minimum absolute atomic E-state index is 0.149. The Kier molecular flexibility index (Phi) is 11.7. The number of likely N-dealkylation sites (N-methyl/N-ethyl adjacent to an activating group) is 1. The van der Waals surface area contributed by atoms with Gasteiger partial charge >= 0.3 is 7.82 Å². The van der Waals surface area contributed by atoms with Crippen LogP contribution in [0.4, 0.5) is 0 Å². The number of carbonyl (C=O) groups is 2. The highest BCUT2D eigenvalue weighted by atomic mass is 31.2. The predicted molar refractivity (Wildman–Crippen MR) is 113 cm³/mol. The zero-order chi connectivity index (χ0) is 22.6. The van der Waals surface area contributed by atoms with E-state index in [1.807, 2.05) is 0 Å². The number of nitrogens with one attached hydrogen (secondary N) is 1. The van der Waals surface area contributed by atoms with E-state index in [1.54, 1.807) is 38.4 Å². The van der Waals surface area contributed by atoms with Crippen LogP contribution in [0.5, 0.6) is 5.75 Å². The highest BCUT2D eigenvalue weighted by Crippen LogP contribution is 2.37. The first kappa shape index (κ1) is 26.1. The molecule has 0 fully saturated rings. The molecular weight excluding hydrogens is 411 g/mol. The summed E-state index contributed by atoms with van der Waals surface area (Å²) in [6.07, 6.45) is 5.33. The standard InChI is InChI=1S/C20H33N2O7P/c1-4-5-6-7-8-12-19(23)21-18(14-29-30(25,26)27)16-10-9-11-17(13-16)28-15-20(24)22(2)3/h9-11,13,18H,4-8,12,14-15H2,1-3H3,(H,21,23)(H2,25,26,27). The van der Waals surface area contributed by atoms with Crippen molar-refractivity contribution in [2.75, 3.05) is 27.3 Å². The Hall–Kier alpha value is -1.93. The quantitative estimate of drug-likeness (QED) is 0.298. The highest BCUT2D eigenvalue weighted by Gasteiger charge is 2.21. The maximum absolute atomic E-state index is 12.3. The van der Waals surface area contributed by atoms with Crippen molar-refractivity contribution in [1.29, 1.82) is 0 Å². The monoisotopic (exact) mass is 444 g/mol. The lowest BCUT2D eigenvalue weighted by atomic mass is 10.1. The molecular formula is C20H33N2O7P. The first-order valence-corrected chi connectivity index (χ1v) is 11.6. The molecule has 2 amide bonds. The van der Waals surface area contributed by atoms with Crippen LogP contribution in [0.15, 0.2) is 24.3 Å². The number of ether oxygens (including phenoxy) is 1. The number of nitrogens with zero attached hydrogens (tertiary/aromatic N) is 1. The molecule has 0 saturated heterocycles. The van der Waals surface area contributed by atoms with Gasteiger partial charge in [0.25, 0.3) is 5.91 Å². The van der Waals surface area contributed by atoms with Crippen molar-refractivity contribution in [2.24, 2.45) is 0 Å². The van der Waals surface area contributed by atoms with Crippen molar-refractivity contribution in [2.45, 2.75) is 51.5 Å². The van der Waals surface area contributed by atoms with Gasteiger partial charge in [0.2, 0.25) is 5.91 Å². The molecule has 10 heteroatoms. The van der Waals surface area contributed by atoms with Crippen LogP contribution in [0.1, 0.15) is 57.1 Å². The number of phosphoric ester groups is 1. The Labute approximate surface area is 178 Å². The molecule has 0 aliphatic heterocycles. The molecule has 9 nitrogen and oxygen atoms in total.